The first-order valence-electron chi connectivity index (χ1n) is 10.1. The summed E-state index contributed by atoms with van der Waals surface area (Å²) < 4.78 is 12.0. The molecule has 4 heteroatoms. The van der Waals surface area contributed by atoms with E-state index in [0.29, 0.717) is 30.5 Å². The first-order chi connectivity index (χ1) is 15.2. The second kappa shape index (κ2) is 9.72. The van der Waals surface area contributed by atoms with Gasteiger partial charge in [0.2, 0.25) is 11.8 Å². The van der Waals surface area contributed by atoms with Crippen molar-refractivity contribution in [2.75, 3.05) is 0 Å². The van der Waals surface area contributed by atoms with Crippen LogP contribution in [0.2, 0.25) is 0 Å². The van der Waals surface area contributed by atoms with Crippen LogP contribution in [0.25, 0.3) is 11.1 Å². The lowest BCUT2D eigenvalue weighted by Crippen LogP contribution is -2.03. The quantitative estimate of drug-likeness (QED) is 0.334. The number of aryl methyl sites for hydroxylation is 1. The molecule has 4 aromatic rings. The Morgan fingerprint density at radius 1 is 0.742 bits per heavy atom. The van der Waals surface area contributed by atoms with E-state index in [4.69, 9.17) is 9.47 Å². The number of hydrogen-bond acceptors (Lipinski definition) is 4. The highest BCUT2D eigenvalue weighted by atomic mass is 16.5. The van der Waals surface area contributed by atoms with Gasteiger partial charge in [-0.25, -0.2) is 0 Å². The molecule has 0 fully saturated rings. The molecule has 0 amide bonds. The van der Waals surface area contributed by atoms with Crippen molar-refractivity contribution in [3.05, 3.63) is 113 Å². The van der Waals surface area contributed by atoms with E-state index in [9.17, 15) is 4.79 Å². The van der Waals surface area contributed by atoms with Gasteiger partial charge in [-0.1, -0.05) is 84.4 Å². The lowest BCUT2D eigenvalue weighted by Gasteiger charge is -2.15. The van der Waals surface area contributed by atoms with Gasteiger partial charge < -0.3 is 9.47 Å². The number of rotatable bonds is 8. The third-order valence-electron chi connectivity index (χ3n) is 4.91. The lowest BCUT2D eigenvalue weighted by molar-refractivity contribution is 0.112. The zero-order valence-corrected chi connectivity index (χ0v) is 17.3. The molecule has 31 heavy (non-hydrogen) atoms. The number of benzene rings is 3. The molecule has 4 rings (SSSR count). The van der Waals surface area contributed by atoms with Crippen molar-refractivity contribution < 1.29 is 14.3 Å². The molecule has 0 radical (unpaired) electrons. The highest BCUT2D eigenvalue weighted by Gasteiger charge is 2.14. The summed E-state index contributed by atoms with van der Waals surface area (Å²) in [7, 11) is 0. The van der Waals surface area contributed by atoms with E-state index in [0.717, 1.165) is 34.1 Å². The Kier molecular flexibility index (Phi) is 6.38. The van der Waals surface area contributed by atoms with Crippen LogP contribution in [0.4, 0.5) is 0 Å². The van der Waals surface area contributed by atoms with Gasteiger partial charge in [0.1, 0.15) is 13.2 Å². The van der Waals surface area contributed by atoms with E-state index in [2.05, 4.69) is 4.98 Å². The molecule has 3 aromatic carbocycles. The second-order valence-corrected chi connectivity index (χ2v) is 7.26. The molecular formula is C27H23NO3. The molecule has 1 aromatic heterocycles. The number of pyridine rings is 1. The van der Waals surface area contributed by atoms with Crippen molar-refractivity contribution in [1.82, 2.24) is 4.98 Å². The van der Waals surface area contributed by atoms with E-state index < -0.39 is 0 Å². The summed E-state index contributed by atoms with van der Waals surface area (Å²) >= 11 is 0. The summed E-state index contributed by atoms with van der Waals surface area (Å²) in [6, 6.07) is 29.3. The molecule has 154 valence electrons. The Bertz CT molecular complexity index is 1160. The minimum absolute atomic E-state index is 0.366. The van der Waals surface area contributed by atoms with Gasteiger partial charge in [-0.3, -0.25) is 4.79 Å². The Hall–Kier alpha value is -3.92. The van der Waals surface area contributed by atoms with Crippen molar-refractivity contribution in [2.45, 2.75) is 20.1 Å². The average molecular weight is 409 g/mol. The molecule has 0 unspecified atom stereocenters. The van der Waals surface area contributed by atoms with Crippen molar-refractivity contribution in [1.29, 1.82) is 0 Å². The Morgan fingerprint density at radius 3 is 2.03 bits per heavy atom. The molecule has 0 bridgehead atoms. The first-order valence-corrected chi connectivity index (χ1v) is 10.1. The molecule has 0 saturated carbocycles. The van der Waals surface area contributed by atoms with Crippen molar-refractivity contribution in [3.63, 3.8) is 0 Å². The fourth-order valence-corrected chi connectivity index (χ4v) is 3.28. The third kappa shape index (κ3) is 5.17. The maximum Gasteiger partial charge on any atom is 0.225 e. The molecule has 0 spiro atoms. The zero-order valence-electron chi connectivity index (χ0n) is 17.3. The molecule has 0 atom stereocenters. The van der Waals surface area contributed by atoms with Gasteiger partial charge in [0.25, 0.3) is 0 Å². The summed E-state index contributed by atoms with van der Waals surface area (Å²) in [4.78, 5) is 16.3. The van der Waals surface area contributed by atoms with Crippen LogP contribution < -0.4 is 9.47 Å². The van der Waals surface area contributed by atoms with Crippen LogP contribution >= 0.6 is 0 Å². The number of nitrogens with zero attached hydrogens (tertiary/aromatic N) is 1. The smallest absolute Gasteiger partial charge is 0.225 e. The monoisotopic (exact) mass is 409 g/mol. The predicted molar refractivity (Wildman–Crippen MR) is 121 cm³/mol. The fourth-order valence-electron chi connectivity index (χ4n) is 3.28. The van der Waals surface area contributed by atoms with Gasteiger partial charge in [0.05, 0.1) is 0 Å². The van der Waals surface area contributed by atoms with Crippen LogP contribution in [0, 0.1) is 6.92 Å². The SMILES string of the molecule is Cc1ccc(C=O)c(-c2ccc(OCc3ccccc3)nc2OCc2ccccc2)c1. The largest absolute Gasteiger partial charge is 0.473 e. The summed E-state index contributed by atoms with van der Waals surface area (Å²) in [5.41, 5.74) is 5.29. The van der Waals surface area contributed by atoms with E-state index in [1.807, 2.05) is 97.9 Å². The van der Waals surface area contributed by atoms with Crippen LogP contribution in [0.1, 0.15) is 27.0 Å². The first kappa shape index (κ1) is 20.4. The molecule has 0 aliphatic heterocycles. The standard InChI is InChI=1S/C27H23NO3/c1-20-12-13-23(17-29)25(16-20)24-14-15-26(30-18-21-8-4-2-5-9-21)28-27(24)31-19-22-10-6-3-7-11-22/h2-17H,18-19H2,1H3. The molecule has 4 nitrogen and oxygen atoms in total. The minimum Gasteiger partial charge on any atom is -0.473 e. The van der Waals surface area contributed by atoms with Crippen LogP contribution in [0.3, 0.4) is 0 Å². The number of carbonyl (C=O) groups excluding carboxylic acids is 1. The lowest BCUT2D eigenvalue weighted by atomic mass is 9.99. The summed E-state index contributed by atoms with van der Waals surface area (Å²) in [6.45, 7) is 2.77. The number of aldehydes is 1. The van der Waals surface area contributed by atoms with Gasteiger partial charge in [-0.05, 0) is 29.7 Å². The van der Waals surface area contributed by atoms with Crippen LogP contribution in [-0.4, -0.2) is 11.3 Å². The van der Waals surface area contributed by atoms with Crippen molar-refractivity contribution in [2.24, 2.45) is 0 Å². The van der Waals surface area contributed by atoms with Gasteiger partial charge in [-0.15, -0.1) is 0 Å². The topological polar surface area (TPSA) is 48.4 Å². The molecule has 0 saturated heterocycles. The summed E-state index contributed by atoms with van der Waals surface area (Å²) in [5.74, 6) is 0.902. The Balaban J connectivity index is 1.66. The maximum atomic E-state index is 11.6. The zero-order chi connectivity index (χ0) is 21.5. The minimum atomic E-state index is 0.366. The number of ether oxygens (including phenoxy) is 2. The van der Waals surface area contributed by atoms with E-state index in [1.54, 1.807) is 0 Å². The number of hydrogen-bond donors (Lipinski definition) is 0. The number of carbonyl (C=O) groups is 1. The molecule has 1 heterocycles. The third-order valence-corrected chi connectivity index (χ3v) is 4.91. The average Bonchev–Trinajstić information content (AvgIpc) is 2.83. The predicted octanol–water partition coefficient (Wildman–Crippen LogP) is 6.03. The van der Waals surface area contributed by atoms with E-state index >= 15 is 0 Å². The molecular weight excluding hydrogens is 386 g/mol. The Morgan fingerprint density at radius 2 is 1.39 bits per heavy atom. The van der Waals surface area contributed by atoms with Crippen LogP contribution in [0.15, 0.2) is 91.0 Å². The van der Waals surface area contributed by atoms with E-state index in [1.165, 1.54) is 0 Å². The molecule has 0 N–H and O–H groups in total. The highest BCUT2D eigenvalue weighted by Crippen LogP contribution is 2.33. The van der Waals surface area contributed by atoms with Gasteiger partial charge in [0.15, 0.2) is 6.29 Å². The molecule has 0 aliphatic carbocycles. The second-order valence-electron chi connectivity index (χ2n) is 7.26. The highest BCUT2D eigenvalue weighted by molar-refractivity contribution is 5.89. The fraction of sp³-hybridized carbons (Fsp3) is 0.111. The Labute approximate surface area is 182 Å². The van der Waals surface area contributed by atoms with Crippen molar-refractivity contribution in [3.8, 4) is 22.9 Å². The van der Waals surface area contributed by atoms with Crippen LogP contribution in [-0.2, 0) is 13.2 Å². The van der Waals surface area contributed by atoms with Gasteiger partial charge in [-0.2, -0.15) is 4.98 Å². The van der Waals surface area contributed by atoms with Crippen LogP contribution in [0.5, 0.6) is 11.8 Å². The normalized spacial score (nSPS) is 10.5. The maximum absolute atomic E-state index is 11.6. The van der Waals surface area contributed by atoms with Crippen molar-refractivity contribution >= 4 is 6.29 Å². The van der Waals surface area contributed by atoms with E-state index in [-0.39, 0.29) is 0 Å². The summed E-state index contributed by atoms with van der Waals surface area (Å²) in [5, 5.41) is 0. The summed E-state index contributed by atoms with van der Waals surface area (Å²) in [6.07, 6.45) is 0.857. The molecule has 0 aliphatic rings. The number of aromatic nitrogens is 1. The van der Waals surface area contributed by atoms with Gasteiger partial charge >= 0.3 is 0 Å². The van der Waals surface area contributed by atoms with Gasteiger partial charge in [0, 0.05) is 17.2 Å².